The van der Waals surface area contributed by atoms with Gasteiger partial charge in [-0.15, -0.1) is 0 Å². The average Bonchev–Trinajstić information content (AvgIpc) is 3.29. The lowest BCUT2D eigenvalue weighted by Crippen LogP contribution is -2.06. The van der Waals surface area contributed by atoms with E-state index in [1.165, 1.54) is 21.3 Å². The van der Waals surface area contributed by atoms with Crippen LogP contribution in [0.1, 0.15) is 11.3 Å². The molecule has 0 radical (unpaired) electrons. The quantitative estimate of drug-likeness (QED) is 0.496. The van der Waals surface area contributed by atoms with Crippen molar-refractivity contribution < 1.29 is 28.2 Å². The summed E-state index contributed by atoms with van der Waals surface area (Å²) in [5.74, 6) is 1.41. The Morgan fingerprint density at radius 3 is 2.32 bits per heavy atom. The summed E-state index contributed by atoms with van der Waals surface area (Å²) in [5.41, 5.74) is 1.40. The van der Waals surface area contributed by atoms with E-state index in [0.717, 1.165) is 11.0 Å². The number of rotatable bonds is 5. The third-order valence-corrected chi connectivity index (χ3v) is 4.26. The molecule has 7 heteroatoms. The Kier molecular flexibility index (Phi) is 4.49. The van der Waals surface area contributed by atoms with Crippen LogP contribution in [0.15, 0.2) is 57.6 Å². The molecule has 0 spiro atoms. The summed E-state index contributed by atoms with van der Waals surface area (Å²) >= 11 is 0. The molecule has 0 saturated heterocycles. The second kappa shape index (κ2) is 7.11. The smallest absolute Gasteiger partial charge is 0.363 e. The summed E-state index contributed by atoms with van der Waals surface area (Å²) in [5, 5.41) is 0.939. The second-order valence-corrected chi connectivity index (χ2v) is 5.94. The number of nitrogens with zero attached hydrogens (tertiary/aromatic N) is 1. The van der Waals surface area contributed by atoms with Crippen LogP contribution in [0, 0.1) is 0 Å². The highest BCUT2D eigenvalue weighted by atomic mass is 16.6. The van der Waals surface area contributed by atoms with Crippen molar-refractivity contribution in [1.82, 2.24) is 0 Å². The number of aliphatic imine (C=N–C) groups is 1. The van der Waals surface area contributed by atoms with Crippen molar-refractivity contribution in [3.63, 3.8) is 0 Å². The van der Waals surface area contributed by atoms with E-state index < -0.39 is 5.97 Å². The highest BCUT2D eigenvalue weighted by Gasteiger charge is 2.27. The molecule has 28 heavy (non-hydrogen) atoms. The molecule has 4 rings (SSSR count). The molecular weight excluding hydrogens is 362 g/mol. The molecule has 3 aromatic rings. The van der Waals surface area contributed by atoms with E-state index in [9.17, 15) is 4.79 Å². The van der Waals surface area contributed by atoms with Gasteiger partial charge in [-0.1, -0.05) is 18.2 Å². The minimum Gasteiger partial charge on any atom is -0.493 e. The van der Waals surface area contributed by atoms with Gasteiger partial charge in [-0.3, -0.25) is 0 Å². The lowest BCUT2D eigenvalue weighted by molar-refractivity contribution is -0.129. The molecule has 0 bridgehead atoms. The van der Waals surface area contributed by atoms with Gasteiger partial charge in [0.2, 0.25) is 11.6 Å². The molecule has 0 amide bonds. The monoisotopic (exact) mass is 379 g/mol. The maximum absolute atomic E-state index is 12.3. The molecule has 0 aliphatic carbocycles. The Balaban J connectivity index is 1.73. The zero-order valence-electron chi connectivity index (χ0n) is 15.5. The van der Waals surface area contributed by atoms with Gasteiger partial charge in [-0.25, -0.2) is 9.79 Å². The van der Waals surface area contributed by atoms with Crippen LogP contribution in [0.5, 0.6) is 17.2 Å². The standard InChI is InChI=1S/C21H17NO6/c1-24-17-9-13(10-18(25-2)19(17)26-3)20-22-15(21(23)28-20)11-14-8-12-6-4-5-7-16(12)27-14/h4-11H,1-3H3/b15-11+. The first-order valence-corrected chi connectivity index (χ1v) is 8.44. The number of cyclic esters (lactones) is 1. The van der Waals surface area contributed by atoms with E-state index in [1.54, 1.807) is 18.2 Å². The summed E-state index contributed by atoms with van der Waals surface area (Å²) < 4.78 is 27.0. The first kappa shape index (κ1) is 17.7. The van der Waals surface area contributed by atoms with E-state index >= 15 is 0 Å². The number of benzene rings is 2. The van der Waals surface area contributed by atoms with E-state index in [4.69, 9.17) is 23.4 Å². The molecule has 0 unspecified atom stereocenters. The van der Waals surface area contributed by atoms with Crippen molar-refractivity contribution in [2.45, 2.75) is 0 Å². The minimum absolute atomic E-state index is 0.141. The normalized spacial score (nSPS) is 14.9. The third kappa shape index (κ3) is 3.07. The first-order chi connectivity index (χ1) is 13.6. The number of carbonyl (C=O) groups excluding carboxylic acids is 1. The van der Waals surface area contributed by atoms with E-state index in [0.29, 0.717) is 28.6 Å². The fourth-order valence-electron chi connectivity index (χ4n) is 2.95. The topological polar surface area (TPSA) is 79.5 Å². The second-order valence-electron chi connectivity index (χ2n) is 5.94. The van der Waals surface area contributed by atoms with E-state index in [-0.39, 0.29) is 11.6 Å². The molecule has 0 fully saturated rings. The van der Waals surface area contributed by atoms with Gasteiger partial charge in [0.25, 0.3) is 0 Å². The fraction of sp³-hybridized carbons (Fsp3) is 0.143. The number of furan rings is 1. The summed E-state index contributed by atoms with van der Waals surface area (Å²) in [4.78, 5) is 16.6. The molecule has 0 atom stereocenters. The predicted molar refractivity (Wildman–Crippen MR) is 103 cm³/mol. The first-order valence-electron chi connectivity index (χ1n) is 8.44. The van der Waals surface area contributed by atoms with Crippen molar-refractivity contribution in [2.24, 2.45) is 4.99 Å². The highest BCUT2D eigenvalue weighted by Crippen LogP contribution is 2.39. The van der Waals surface area contributed by atoms with Crippen molar-refractivity contribution in [3.05, 3.63) is 59.5 Å². The number of ether oxygens (including phenoxy) is 4. The lowest BCUT2D eigenvalue weighted by atomic mass is 10.2. The average molecular weight is 379 g/mol. The number of hydrogen-bond donors (Lipinski definition) is 0. The van der Waals surface area contributed by atoms with Gasteiger partial charge < -0.3 is 23.4 Å². The lowest BCUT2D eigenvalue weighted by Gasteiger charge is -2.13. The van der Waals surface area contributed by atoms with Crippen LogP contribution in [-0.4, -0.2) is 33.2 Å². The maximum atomic E-state index is 12.3. The van der Waals surface area contributed by atoms with Gasteiger partial charge in [0.1, 0.15) is 11.3 Å². The fourth-order valence-corrected chi connectivity index (χ4v) is 2.95. The van der Waals surface area contributed by atoms with E-state index in [2.05, 4.69) is 4.99 Å². The van der Waals surface area contributed by atoms with Crippen LogP contribution in [0.4, 0.5) is 0 Å². The number of esters is 1. The Morgan fingerprint density at radius 1 is 0.964 bits per heavy atom. The van der Waals surface area contributed by atoms with Crippen molar-refractivity contribution >= 4 is 28.9 Å². The number of fused-ring (bicyclic) bond motifs is 1. The van der Waals surface area contributed by atoms with Crippen LogP contribution in [-0.2, 0) is 9.53 Å². The number of hydrogen-bond acceptors (Lipinski definition) is 7. The summed E-state index contributed by atoms with van der Waals surface area (Å²) in [6.07, 6.45) is 1.55. The van der Waals surface area contributed by atoms with Gasteiger partial charge in [0.05, 0.1) is 21.3 Å². The van der Waals surface area contributed by atoms with Crippen molar-refractivity contribution in [3.8, 4) is 17.2 Å². The maximum Gasteiger partial charge on any atom is 0.363 e. The zero-order chi connectivity index (χ0) is 19.7. The largest absolute Gasteiger partial charge is 0.493 e. The molecule has 1 aliphatic rings. The van der Waals surface area contributed by atoms with Crippen LogP contribution < -0.4 is 14.2 Å². The number of methoxy groups -OCH3 is 3. The van der Waals surface area contributed by atoms with Gasteiger partial charge in [-0.2, -0.15) is 0 Å². The van der Waals surface area contributed by atoms with Gasteiger partial charge >= 0.3 is 5.97 Å². The minimum atomic E-state index is -0.566. The predicted octanol–water partition coefficient (Wildman–Crippen LogP) is 3.80. The third-order valence-electron chi connectivity index (χ3n) is 4.26. The van der Waals surface area contributed by atoms with Gasteiger partial charge in [0.15, 0.2) is 17.2 Å². The molecule has 1 aliphatic heterocycles. The molecule has 2 aromatic carbocycles. The van der Waals surface area contributed by atoms with Crippen LogP contribution in [0.2, 0.25) is 0 Å². The van der Waals surface area contributed by atoms with Crippen molar-refractivity contribution in [2.75, 3.05) is 21.3 Å². The Morgan fingerprint density at radius 2 is 1.68 bits per heavy atom. The summed E-state index contributed by atoms with van der Waals surface area (Å²) in [6, 6.07) is 12.7. The molecule has 142 valence electrons. The molecule has 2 heterocycles. The highest BCUT2D eigenvalue weighted by molar-refractivity contribution is 6.13. The Labute approximate surface area is 160 Å². The zero-order valence-corrected chi connectivity index (χ0v) is 15.5. The van der Waals surface area contributed by atoms with Crippen molar-refractivity contribution in [1.29, 1.82) is 0 Å². The Bertz CT molecular complexity index is 1070. The Hall–Kier alpha value is -3.74. The summed E-state index contributed by atoms with van der Waals surface area (Å²) in [6.45, 7) is 0. The number of para-hydroxylation sites is 1. The SMILES string of the molecule is COc1cc(C2=N/C(=C/c3cc4ccccc4o3)C(=O)O2)cc(OC)c1OC. The molecule has 0 saturated carbocycles. The molecular formula is C21H17NO6. The van der Waals surface area contributed by atoms with Crippen LogP contribution >= 0.6 is 0 Å². The van der Waals surface area contributed by atoms with Gasteiger partial charge in [-0.05, 0) is 24.3 Å². The van der Waals surface area contributed by atoms with Crippen LogP contribution in [0.3, 0.4) is 0 Å². The van der Waals surface area contributed by atoms with E-state index in [1.807, 2.05) is 30.3 Å². The van der Waals surface area contributed by atoms with Gasteiger partial charge in [0, 0.05) is 17.0 Å². The molecule has 1 aromatic heterocycles. The van der Waals surface area contributed by atoms with Crippen LogP contribution in [0.25, 0.3) is 17.0 Å². The number of carbonyl (C=O) groups is 1. The molecule has 7 nitrogen and oxygen atoms in total. The summed E-state index contributed by atoms with van der Waals surface area (Å²) in [7, 11) is 4.54. The molecule has 0 N–H and O–H groups in total.